The monoisotopic (exact) mass is 457 g/mol. The van der Waals surface area contributed by atoms with Gasteiger partial charge < -0.3 is 9.55 Å². The molecular formula is C22H15Cl2F2N5. The highest BCUT2D eigenvalue weighted by molar-refractivity contribution is 6.45. The van der Waals surface area contributed by atoms with Crippen LogP contribution in [0, 0.1) is 18.6 Å². The fourth-order valence-corrected chi connectivity index (χ4v) is 4.01. The van der Waals surface area contributed by atoms with E-state index in [-0.39, 0.29) is 6.04 Å². The number of pyridine rings is 2. The molecule has 31 heavy (non-hydrogen) atoms. The highest BCUT2D eigenvalue weighted by Gasteiger charge is 2.23. The van der Waals surface area contributed by atoms with Crippen molar-refractivity contribution in [2.45, 2.75) is 19.9 Å². The van der Waals surface area contributed by atoms with E-state index in [0.29, 0.717) is 43.5 Å². The van der Waals surface area contributed by atoms with E-state index < -0.39 is 11.6 Å². The van der Waals surface area contributed by atoms with Crippen LogP contribution in [0.2, 0.25) is 10.0 Å². The van der Waals surface area contributed by atoms with Crippen LogP contribution in [0.3, 0.4) is 0 Å². The van der Waals surface area contributed by atoms with Crippen molar-refractivity contribution in [3.63, 3.8) is 0 Å². The van der Waals surface area contributed by atoms with Crippen LogP contribution in [-0.2, 0) is 0 Å². The van der Waals surface area contributed by atoms with Crippen molar-refractivity contribution in [2.24, 2.45) is 0 Å². The molecular weight excluding hydrogens is 443 g/mol. The van der Waals surface area contributed by atoms with Gasteiger partial charge in [0, 0.05) is 36.3 Å². The summed E-state index contributed by atoms with van der Waals surface area (Å²) in [4.78, 5) is 16.5. The molecule has 0 saturated heterocycles. The summed E-state index contributed by atoms with van der Waals surface area (Å²) in [5.74, 6) is -1.51. The second-order valence-corrected chi connectivity index (χ2v) is 8.16. The first-order chi connectivity index (χ1) is 14.8. The lowest BCUT2D eigenvalue weighted by atomic mass is 10.2. The maximum absolute atomic E-state index is 13.7. The molecule has 1 N–H and O–H groups in total. The van der Waals surface area contributed by atoms with Crippen LogP contribution in [0.1, 0.15) is 24.2 Å². The number of imidazole rings is 1. The summed E-state index contributed by atoms with van der Waals surface area (Å²) in [6, 6.07) is 5.91. The van der Waals surface area contributed by atoms with E-state index in [1.165, 1.54) is 6.20 Å². The van der Waals surface area contributed by atoms with Gasteiger partial charge in [-0.3, -0.25) is 4.98 Å². The number of nitrogens with zero attached hydrogens (tertiary/aromatic N) is 4. The van der Waals surface area contributed by atoms with Gasteiger partial charge in [0.1, 0.15) is 11.5 Å². The predicted octanol–water partition coefficient (Wildman–Crippen LogP) is 6.48. The molecule has 4 aromatic heterocycles. The maximum atomic E-state index is 13.7. The third kappa shape index (κ3) is 3.25. The molecule has 5 aromatic rings. The fraction of sp³-hybridized carbons (Fsp3) is 0.136. The van der Waals surface area contributed by atoms with Crippen molar-refractivity contribution >= 4 is 45.3 Å². The minimum absolute atomic E-state index is 0.166. The Balaban J connectivity index is 1.75. The lowest BCUT2D eigenvalue weighted by molar-refractivity contribution is 0.510. The van der Waals surface area contributed by atoms with Crippen LogP contribution < -0.4 is 0 Å². The molecule has 1 aromatic carbocycles. The predicted molar refractivity (Wildman–Crippen MR) is 118 cm³/mol. The molecule has 0 fully saturated rings. The molecule has 0 radical (unpaired) electrons. The Labute approximate surface area is 185 Å². The molecule has 0 aliphatic heterocycles. The molecule has 4 heterocycles. The third-order valence-electron chi connectivity index (χ3n) is 5.29. The number of H-pyrrole nitrogens is 1. The number of hydrogen-bond donors (Lipinski definition) is 1. The molecule has 9 heteroatoms. The second kappa shape index (κ2) is 7.28. The summed E-state index contributed by atoms with van der Waals surface area (Å²) in [5.41, 5.74) is 3.78. The number of rotatable bonds is 3. The van der Waals surface area contributed by atoms with E-state index in [4.69, 9.17) is 23.2 Å². The van der Waals surface area contributed by atoms with Gasteiger partial charge in [0.05, 0.1) is 38.2 Å². The lowest BCUT2D eigenvalue weighted by Gasteiger charge is -2.14. The van der Waals surface area contributed by atoms with Gasteiger partial charge in [-0.25, -0.2) is 18.7 Å². The fourth-order valence-electron chi connectivity index (χ4n) is 3.63. The standard InChI is InChI=1S/C22H15Cl2F2N5/c1-10-3-4-16(27-7-10)11(2)31-9-12(19-20(24)13(23)8-28-22(19)31)21-29-17-5-14(25)15(26)6-18(17)30-21/h3-9,11H,1-2H3,(H,29,30). The van der Waals surface area contributed by atoms with Gasteiger partial charge in [-0.1, -0.05) is 29.3 Å². The molecule has 0 bridgehead atoms. The van der Waals surface area contributed by atoms with Crippen LogP contribution in [-0.4, -0.2) is 24.5 Å². The molecule has 0 aliphatic rings. The number of benzene rings is 1. The van der Waals surface area contributed by atoms with Crippen molar-refractivity contribution in [1.82, 2.24) is 24.5 Å². The molecule has 0 aliphatic carbocycles. The zero-order valence-corrected chi connectivity index (χ0v) is 17.9. The van der Waals surface area contributed by atoms with Crippen LogP contribution in [0.4, 0.5) is 8.78 Å². The highest BCUT2D eigenvalue weighted by Crippen LogP contribution is 2.39. The summed E-state index contributed by atoms with van der Waals surface area (Å²) < 4.78 is 29.3. The van der Waals surface area contributed by atoms with E-state index in [0.717, 1.165) is 23.4 Å². The normalized spacial score (nSPS) is 12.7. The van der Waals surface area contributed by atoms with Gasteiger partial charge in [0.2, 0.25) is 0 Å². The number of nitrogens with one attached hydrogen (secondary N) is 1. The largest absolute Gasteiger partial charge is 0.338 e. The summed E-state index contributed by atoms with van der Waals surface area (Å²) in [6.45, 7) is 3.97. The van der Waals surface area contributed by atoms with Gasteiger partial charge in [-0.2, -0.15) is 0 Å². The van der Waals surface area contributed by atoms with Crippen molar-refractivity contribution < 1.29 is 8.78 Å². The molecule has 5 nitrogen and oxygen atoms in total. The summed E-state index contributed by atoms with van der Waals surface area (Å²) >= 11 is 12.8. The second-order valence-electron chi connectivity index (χ2n) is 7.37. The Kier molecular flexibility index (Phi) is 4.68. The van der Waals surface area contributed by atoms with E-state index in [2.05, 4.69) is 19.9 Å². The van der Waals surface area contributed by atoms with Gasteiger partial charge in [0.15, 0.2) is 11.6 Å². The van der Waals surface area contributed by atoms with Gasteiger partial charge in [-0.05, 0) is 25.5 Å². The average Bonchev–Trinajstić information content (AvgIpc) is 3.32. The number of halogens is 4. The molecule has 1 atom stereocenters. The molecule has 5 rings (SSSR count). The Hall–Kier alpha value is -3.03. The van der Waals surface area contributed by atoms with E-state index in [1.54, 1.807) is 6.20 Å². The van der Waals surface area contributed by atoms with Gasteiger partial charge >= 0.3 is 0 Å². The Morgan fingerprint density at radius 1 is 1.06 bits per heavy atom. The average molecular weight is 458 g/mol. The number of aromatic amines is 1. The van der Waals surface area contributed by atoms with Gasteiger partial charge in [-0.15, -0.1) is 0 Å². The first kappa shape index (κ1) is 19.9. The SMILES string of the molecule is Cc1ccc(C(C)n2cc(-c3nc4cc(F)c(F)cc4[nH]3)c3c(Cl)c(Cl)cnc32)nc1. The summed E-state index contributed by atoms with van der Waals surface area (Å²) in [5, 5.41) is 1.21. The molecule has 0 spiro atoms. The number of aryl methyl sites for hydroxylation is 1. The Bertz CT molecular complexity index is 1420. The first-order valence-electron chi connectivity index (χ1n) is 9.45. The number of fused-ring (bicyclic) bond motifs is 2. The minimum atomic E-state index is -0.963. The van der Waals surface area contributed by atoms with Crippen LogP contribution in [0.5, 0.6) is 0 Å². The zero-order chi connectivity index (χ0) is 21.9. The Morgan fingerprint density at radius 3 is 2.58 bits per heavy atom. The van der Waals surface area contributed by atoms with E-state index in [9.17, 15) is 8.78 Å². The van der Waals surface area contributed by atoms with Crippen molar-refractivity contribution in [3.05, 3.63) is 75.8 Å². The molecule has 156 valence electrons. The summed E-state index contributed by atoms with van der Waals surface area (Å²) in [6.07, 6.45) is 5.14. The van der Waals surface area contributed by atoms with Crippen LogP contribution in [0.25, 0.3) is 33.5 Å². The van der Waals surface area contributed by atoms with Crippen molar-refractivity contribution in [1.29, 1.82) is 0 Å². The molecule has 1 unspecified atom stereocenters. The minimum Gasteiger partial charge on any atom is -0.338 e. The van der Waals surface area contributed by atoms with Crippen molar-refractivity contribution in [3.8, 4) is 11.4 Å². The molecule has 0 amide bonds. The lowest BCUT2D eigenvalue weighted by Crippen LogP contribution is -2.08. The van der Waals surface area contributed by atoms with Crippen LogP contribution in [0.15, 0.2) is 42.9 Å². The summed E-state index contributed by atoms with van der Waals surface area (Å²) in [7, 11) is 0. The smallest absolute Gasteiger partial charge is 0.161 e. The van der Waals surface area contributed by atoms with E-state index in [1.807, 2.05) is 36.7 Å². The number of aromatic nitrogens is 5. The van der Waals surface area contributed by atoms with Gasteiger partial charge in [0.25, 0.3) is 0 Å². The van der Waals surface area contributed by atoms with Crippen LogP contribution >= 0.6 is 23.2 Å². The third-order valence-corrected chi connectivity index (χ3v) is 6.07. The van der Waals surface area contributed by atoms with E-state index >= 15 is 0 Å². The Morgan fingerprint density at radius 2 is 1.84 bits per heavy atom. The number of hydrogen-bond acceptors (Lipinski definition) is 3. The maximum Gasteiger partial charge on any atom is 0.161 e. The van der Waals surface area contributed by atoms with Crippen molar-refractivity contribution in [2.75, 3.05) is 0 Å². The molecule has 0 saturated carbocycles. The highest BCUT2D eigenvalue weighted by atomic mass is 35.5. The quantitative estimate of drug-likeness (QED) is 0.337. The zero-order valence-electron chi connectivity index (χ0n) is 16.4. The first-order valence-corrected chi connectivity index (χ1v) is 10.2. The topological polar surface area (TPSA) is 59.4 Å².